The fourth-order valence-corrected chi connectivity index (χ4v) is 4.36. The van der Waals surface area contributed by atoms with Gasteiger partial charge in [0.25, 0.3) is 5.91 Å². The number of amides is 2. The van der Waals surface area contributed by atoms with E-state index in [0.29, 0.717) is 30.9 Å². The smallest absolute Gasteiger partial charge is 0.405 e. The van der Waals surface area contributed by atoms with Crippen LogP contribution in [-0.2, 0) is 24.2 Å². The number of alkyl halides is 3. The zero-order valence-electron chi connectivity index (χ0n) is 16.5. The fraction of sp³-hybridized carbons (Fsp3) is 0.364. The number of hydrogen-bond donors (Lipinski definition) is 2. The van der Waals surface area contributed by atoms with Gasteiger partial charge in [0.05, 0.1) is 12.0 Å². The van der Waals surface area contributed by atoms with Gasteiger partial charge in [0, 0.05) is 17.7 Å². The van der Waals surface area contributed by atoms with E-state index in [2.05, 4.69) is 10.1 Å². The van der Waals surface area contributed by atoms with Crippen LogP contribution < -0.4 is 10.1 Å². The molecule has 9 heteroatoms. The molecule has 1 heterocycles. The highest BCUT2D eigenvalue weighted by Gasteiger charge is 2.44. The van der Waals surface area contributed by atoms with Gasteiger partial charge in [-0.1, -0.05) is 24.3 Å². The number of benzene rings is 2. The molecule has 2 amide bonds. The van der Waals surface area contributed by atoms with Crippen molar-refractivity contribution < 1.29 is 32.7 Å². The average molecular weight is 434 g/mol. The molecule has 1 aliphatic carbocycles. The molecule has 1 saturated heterocycles. The number of carbonyl (C=O) groups excluding carboxylic acids is 2. The number of ether oxygens (including phenoxy) is 1. The molecule has 1 atom stereocenters. The highest BCUT2D eigenvalue weighted by molar-refractivity contribution is 5.94. The van der Waals surface area contributed by atoms with E-state index in [-0.39, 0.29) is 22.4 Å². The number of halogens is 3. The Labute approximate surface area is 176 Å². The summed E-state index contributed by atoms with van der Waals surface area (Å²) in [6.45, 7) is 0.204. The van der Waals surface area contributed by atoms with Crippen LogP contribution in [0.2, 0.25) is 0 Å². The first-order valence-electron chi connectivity index (χ1n) is 9.91. The molecule has 4 rings (SSSR count). The van der Waals surface area contributed by atoms with Gasteiger partial charge in [0.2, 0.25) is 5.91 Å². The summed E-state index contributed by atoms with van der Waals surface area (Å²) in [6.07, 6.45) is -2.16. The quantitative estimate of drug-likeness (QED) is 0.569. The third kappa shape index (κ3) is 4.36. The summed E-state index contributed by atoms with van der Waals surface area (Å²) >= 11 is 0. The first kappa shape index (κ1) is 21.2. The molecule has 0 bridgehead atoms. The van der Waals surface area contributed by atoms with Crippen LogP contribution in [0.3, 0.4) is 0 Å². The number of fused-ring (bicyclic) bond motifs is 1. The van der Waals surface area contributed by atoms with Gasteiger partial charge in [0.15, 0.2) is 0 Å². The van der Waals surface area contributed by atoms with Gasteiger partial charge in [-0.25, -0.2) is 5.06 Å². The van der Waals surface area contributed by atoms with E-state index in [1.54, 1.807) is 18.2 Å². The van der Waals surface area contributed by atoms with Crippen molar-refractivity contribution in [2.45, 2.75) is 38.6 Å². The van der Waals surface area contributed by atoms with Crippen LogP contribution in [0.4, 0.5) is 13.2 Å². The van der Waals surface area contributed by atoms with Gasteiger partial charge in [-0.05, 0) is 55.0 Å². The SMILES string of the molecule is O=C(c1ccc2c(c1)CC[C@@]1(CCNC1=O)C2)N(O)Cc1ccccc1OC(F)(F)F. The van der Waals surface area contributed by atoms with Crippen LogP contribution in [0, 0.1) is 5.41 Å². The van der Waals surface area contributed by atoms with E-state index in [1.165, 1.54) is 18.2 Å². The Morgan fingerprint density at radius 2 is 1.94 bits per heavy atom. The predicted octanol–water partition coefficient (Wildman–Crippen LogP) is 3.61. The average Bonchev–Trinajstić information content (AvgIpc) is 3.07. The van der Waals surface area contributed by atoms with E-state index < -0.39 is 24.6 Å². The Kier molecular flexibility index (Phi) is 5.38. The number of nitrogens with zero attached hydrogens (tertiary/aromatic N) is 1. The maximum absolute atomic E-state index is 12.7. The number of hydrogen-bond acceptors (Lipinski definition) is 4. The Bertz CT molecular complexity index is 1020. The van der Waals surface area contributed by atoms with Crippen molar-refractivity contribution in [1.82, 2.24) is 10.4 Å². The summed E-state index contributed by atoms with van der Waals surface area (Å²) < 4.78 is 41.7. The second-order valence-corrected chi connectivity index (χ2v) is 7.96. The lowest BCUT2D eigenvalue weighted by molar-refractivity contribution is -0.275. The number of hydroxylamine groups is 2. The van der Waals surface area contributed by atoms with Crippen molar-refractivity contribution in [3.63, 3.8) is 0 Å². The van der Waals surface area contributed by atoms with Gasteiger partial charge in [-0.3, -0.25) is 14.8 Å². The molecule has 1 spiro atoms. The van der Waals surface area contributed by atoms with Crippen LogP contribution in [0.1, 0.15) is 39.9 Å². The number of aryl methyl sites for hydroxylation is 1. The zero-order valence-corrected chi connectivity index (χ0v) is 16.5. The van der Waals surface area contributed by atoms with Gasteiger partial charge in [-0.2, -0.15) is 0 Å². The second kappa shape index (κ2) is 7.88. The molecule has 2 aromatic carbocycles. The molecule has 164 valence electrons. The van der Waals surface area contributed by atoms with Crippen LogP contribution in [0.5, 0.6) is 5.75 Å². The number of para-hydroxylation sites is 1. The van der Waals surface area contributed by atoms with Crippen molar-refractivity contribution in [2.24, 2.45) is 5.41 Å². The molecule has 0 radical (unpaired) electrons. The minimum absolute atomic E-state index is 0.0165. The topological polar surface area (TPSA) is 78.9 Å². The van der Waals surface area contributed by atoms with Crippen LogP contribution in [0.25, 0.3) is 0 Å². The minimum atomic E-state index is -4.88. The molecule has 0 aromatic heterocycles. The highest BCUT2D eigenvalue weighted by atomic mass is 19.4. The lowest BCUT2D eigenvalue weighted by Crippen LogP contribution is -2.36. The van der Waals surface area contributed by atoms with Crippen molar-refractivity contribution in [1.29, 1.82) is 0 Å². The van der Waals surface area contributed by atoms with Gasteiger partial charge in [-0.15, -0.1) is 13.2 Å². The Hall–Kier alpha value is -3.07. The maximum atomic E-state index is 12.7. The molecule has 2 aromatic rings. The lowest BCUT2D eigenvalue weighted by atomic mass is 9.70. The summed E-state index contributed by atoms with van der Waals surface area (Å²) in [5, 5.41) is 13.5. The van der Waals surface area contributed by atoms with E-state index in [0.717, 1.165) is 23.6 Å². The fourth-order valence-electron chi connectivity index (χ4n) is 4.36. The van der Waals surface area contributed by atoms with Crippen LogP contribution in [0.15, 0.2) is 42.5 Å². The van der Waals surface area contributed by atoms with E-state index >= 15 is 0 Å². The van der Waals surface area contributed by atoms with Crippen molar-refractivity contribution >= 4 is 11.8 Å². The van der Waals surface area contributed by atoms with Gasteiger partial charge < -0.3 is 10.1 Å². The molecular weight excluding hydrogens is 413 g/mol. The standard InChI is InChI=1S/C22H21F3N2O4/c23-22(24,25)31-18-4-2-1-3-17(18)13-27(30)19(28)15-5-6-16-12-21(8-7-14(16)11-15)9-10-26-20(21)29/h1-6,11,30H,7-10,12-13H2,(H,26,29)/t21-/m1/s1. The minimum Gasteiger partial charge on any atom is -0.405 e. The second-order valence-electron chi connectivity index (χ2n) is 7.96. The predicted molar refractivity (Wildman–Crippen MR) is 103 cm³/mol. The summed E-state index contributed by atoms with van der Waals surface area (Å²) in [7, 11) is 0. The van der Waals surface area contributed by atoms with Crippen LogP contribution >= 0.6 is 0 Å². The van der Waals surface area contributed by atoms with Crippen molar-refractivity contribution in [2.75, 3.05) is 6.54 Å². The third-order valence-electron chi connectivity index (χ3n) is 5.98. The normalized spacial score (nSPS) is 20.3. The Balaban J connectivity index is 1.49. The summed E-state index contributed by atoms with van der Waals surface area (Å²) in [6, 6.07) is 10.3. The summed E-state index contributed by atoms with van der Waals surface area (Å²) in [5.74, 6) is -1.14. The summed E-state index contributed by atoms with van der Waals surface area (Å²) in [4.78, 5) is 24.9. The Morgan fingerprint density at radius 1 is 1.16 bits per heavy atom. The molecule has 1 fully saturated rings. The van der Waals surface area contributed by atoms with Crippen molar-refractivity contribution in [3.05, 3.63) is 64.7 Å². The first-order valence-corrected chi connectivity index (χ1v) is 9.91. The molecule has 1 aliphatic heterocycles. The molecular formula is C22H21F3N2O4. The largest absolute Gasteiger partial charge is 0.573 e. The third-order valence-corrected chi connectivity index (χ3v) is 5.98. The molecule has 0 saturated carbocycles. The van der Waals surface area contributed by atoms with E-state index in [1.807, 2.05) is 0 Å². The number of nitrogens with one attached hydrogen (secondary N) is 1. The summed E-state index contributed by atoms with van der Waals surface area (Å²) in [5.41, 5.74) is 1.78. The first-order chi connectivity index (χ1) is 14.7. The van der Waals surface area contributed by atoms with Crippen LogP contribution in [-0.4, -0.2) is 35.0 Å². The van der Waals surface area contributed by atoms with E-state index in [9.17, 15) is 28.0 Å². The molecule has 0 unspecified atom stereocenters. The molecule has 31 heavy (non-hydrogen) atoms. The lowest BCUT2D eigenvalue weighted by Gasteiger charge is -2.32. The molecule has 6 nitrogen and oxygen atoms in total. The van der Waals surface area contributed by atoms with Gasteiger partial charge in [0.1, 0.15) is 5.75 Å². The monoisotopic (exact) mass is 434 g/mol. The van der Waals surface area contributed by atoms with E-state index in [4.69, 9.17) is 0 Å². The number of carbonyl (C=O) groups is 2. The zero-order chi connectivity index (χ0) is 22.2. The molecule has 2 aliphatic rings. The maximum Gasteiger partial charge on any atom is 0.573 e. The van der Waals surface area contributed by atoms with Gasteiger partial charge >= 0.3 is 6.36 Å². The van der Waals surface area contributed by atoms with Crippen molar-refractivity contribution in [3.8, 4) is 5.75 Å². The Morgan fingerprint density at radius 3 is 2.65 bits per heavy atom. The number of rotatable bonds is 4. The molecule has 2 N–H and O–H groups in total. The highest BCUT2D eigenvalue weighted by Crippen LogP contribution is 2.41.